The molecule has 82 valence electrons. The summed E-state index contributed by atoms with van der Waals surface area (Å²) in [6.07, 6.45) is 3.98. The van der Waals surface area contributed by atoms with Crippen molar-refractivity contribution in [3.8, 4) is 0 Å². The van der Waals surface area contributed by atoms with Crippen LogP contribution in [0.15, 0.2) is 28.7 Å². The van der Waals surface area contributed by atoms with Gasteiger partial charge in [0.05, 0.1) is 0 Å². The van der Waals surface area contributed by atoms with E-state index in [1.807, 2.05) is 0 Å². The van der Waals surface area contributed by atoms with Crippen LogP contribution in [0.4, 0.5) is 0 Å². The largest absolute Gasteiger partial charge is 0.314 e. The molecule has 1 fully saturated rings. The summed E-state index contributed by atoms with van der Waals surface area (Å²) in [7, 11) is 0. The van der Waals surface area contributed by atoms with Crippen molar-refractivity contribution < 1.29 is 0 Å². The zero-order valence-electron chi connectivity index (χ0n) is 9.17. The highest BCUT2D eigenvalue weighted by atomic mass is 79.9. The topological polar surface area (TPSA) is 12.0 Å². The average Bonchev–Trinajstić information content (AvgIpc) is 3.02. The van der Waals surface area contributed by atoms with E-state index >= 15 is 0 Å². The Balaban J connectivity index is 1.76. The minimum Gasteiger partial charge on any atom is -0.314 e. The lowest BCUT2D eigenvalue weighted by molar-refractivity contribution is 0.526. The van der Waals surface area contributed by atoms with Crippen molar-refractivity contribution in [3.05, 3.63) is 34.3 Å². The van der Waals surface area contributed by atoms with Crippen molar-refractivity contribution in [1.29, 1.82) is 0 Å². The lowest BCUT2D eigenvalue weighted by atomic mass is 10.1. The van der Waals surface area contributed by atoms with Crippen LogP contribution in [0.5, 0.6) is 0 Å². The fourth-order valence-electron chi connectivity index (χ4n) is 1.74. The van der Waals surface area contributed by atoms with Gasteiger partial charge in [-0.15, -0.1) is 0 Å². The van der Waals surface area contributed by atoms with Crippen LogP contribution < -0.4 is 5.32 Å². The minimum absolute atomic E-state index is 0.590. The fourth-order valence-corrected chi connectivity index (χ4v) is 2.00. The summed E-state index contributed by atoms with van der Waals surface area (Å²) >= 11 is 3.45. The quantitative estimate of drug-likeness (QED) is 0.863. The van der Waals surface area contributed by atoms with Gasteiger partial charge in [-0.25, -0.2) is 0 Å². The van der Waals surface area contributed by atoms with Crippen molar-refractivity contribution in [2.75, 3.05) is 6.54 Å². The van der Waals surface area contributed by atoms with Gasteiger partial charge in [0, 0.05) is 10.5 Å². The van der Waals surface area contributed by atoms with Crippen LogP contribution in [0.25, 0.3) is 0 Å². The first kappa shape index (κ1) is 11.2. The summed E-state index contributed by atoms with van der Waals surface area (Å²) in [5, 5.41) is 3.60. The lowest BCUT2D eigenvalue weighted by Gasteiger charge is -2.13. The van der Waals surface area contributed by atoms with Gasteiger partial charge in [-0.3, -0.25) is 0 Å². The molecule has 1 N–H and O–H groups in total. The molecule has 1 atom stereocenters. The van der Waals surface area contributed by atoms with Crippen LogP contribution in [-0.2, 0) is 6.42 Å². The fraction of sp³-hybridized carbons (Fsp3) is 0.538. The Bertz CT molecular complexity index is 303. The van der Waals surface area contributed by atoms with Crippen molar-refractivity contribution in [1.82, 2.24) is 5.32 Å². The SMILES string of the molecule is CC(Cc1ccc(Br)cc1)NCC1CC1. The highest BCUT2D eigenvalue weighted by molar-refractivity contribution is 9.10. The molecule has 1 aliphatic carbocycles. The monoisotopic (exact) mass is 267 g/mol. The number of hydrogen-bond acceptors (Lipinski definition) is 1. The highest BCUT2D eigenvalue weighted by Gasteiger charge is 2.21. The van der Waals surface area contributed by atoms with E-state index in [0.717, 1.165) is 16.8 Å². The van der Waals surface area contributed by atoms with Gasteiger partial charge in [0.1, 0.15) is 0 Å². The highest BCUT2D eigenvalue weighted by Crippen LogP contribution is 2.27. The van der Waals surface area contributed by atoms with E-state index in [4.69, 9.17) is 0 Å². The van der Waals surface area contributed by atoms with Crippen LogP contribution in [-0.4, -0.2) is 12.6 Å². The average molecular weight is 268 g/mol. The standard InChI is InChI=1S/C13H18BrN/c1-10(15-9-12-2-3-12)8-11-4-6-13(14)7-5-11/h4-7,10,12,15H,2-3,8-9H2,1H3. The van der Waals surface area contributed by atoms with E-state index in [2.05, 4.69) is 52.4 Å². The molecule has 0 aliphatic heterocycles. The maximum atomic E-state index is 3.60. The molecule has 0 heterocycles. The van der Waals surface area contributed by atoms with Crippen molar-refractivity contribution in [2.45, 2.75) is 32.2 Å². The van der Waals surface area contributed by atoms with Crippen LogP contribution >= 0.6 is 15.9 Å². The van der Waals surface area contributed by atoms with Crippen molar-refractivity contribution >= 4 is 15.9 Å². The Hall–Kier alpha value is -0.340. The van der Waals surface area contributed by atoms with Crippen LogP contribution in [0.1, 0.15) is 25.3 Å². The van der Waals surface area contributed by atoms with Gasteiger partial charge in [0.25, 0.3) is 0 Å². The van der Waals surface area contributed by atoms with Gasteiger partial charge in [-0.2, -0.15) is 0 Å². The molecule has 0 amide bonds. The summed E-state index contributed by atoms with van der Waals surface area (Å²) in [5.74, 6) is 0.970. The molecular formula is C13H18BrN. The second kappa shape index (κ2) is 5.13. The Morgan fingerprint density at radius 1 is 1.33 bits per heavy atom. The number of halogens is 1. The third kappa shape index (κ3) is 3.96. The Morgan fingerprint density at radius 3 is 2.60 bits per heavy atom. The summed E-state index contributed by atoms with van der Waals surface area (Å²) in [4.78, 5) is 0. The maximum absolute atomic E-state index is 3.60. The summed E-state index contributed by atoms with van der Waals surface area (Å²) in [6, 6.07) is 9.21. The molecule has 1 unspecified atom stereocenters. The number of rotatable bonds is 5. The lowest BCUT2D eigenvalue weighted by Crippen LogP contribution is -2.29. The molecular weight excluding hydrogens is 250 g/mol. The molecule has 1 aromatic rings. The Kier molecular flexibility index (Phi) is 3.81. The third-order valence-corrected chi connectivity index (χ3v) is 3.44. The van der Waals surface area contributed by atoms with Crippen LogP contribution in [0.2, 0.25) is 0 Å². The summed E-state index contributed by atoms with van der Waals surface area (Å²) < 4.78 is 1.16. The van der Waals surface area contributed by atoms with E-state index < -0.39 is 0 Å². The molecule has 0 aromatic heterocycles. The van der Waals surface area contributed by atoms with Gasteiger partial charge < -0.3 is 5.32 Å². The van der Waals surface area contributed by atoms with Gasteiger partial charge in [-0.1, -0.05) is 28.1 Å². The maximum Gasteiger partial charge on any atom is 0.0175 e. The second-order valence-corrected chi connectivity index (χ2v) is 5.50. The van der Waals surface area contributed by atoms with E-state index in [9.17, 15) is 0 Å². The first-order chi connectivity index (χ1) is 7.24. The predicted octanol–water partition coefficient (Wildman–Crippen LogP) is 3.38. The number of hydrogen-bond donors (Lipinski definition) is 1. The summed E-state index contributed by atoms with van der Waals surface area (Å²) in [5.41, 5.74) is 1.41. The van der Waals surface area contributed by atoms with E-state index in [1.54, 1.807) is 0 Å². The third-order valence-electron chi connectivity index (χ3n) is 2.91. The molecule has 2 heteroatoms. The van der Waals surface area contributed by atoms with Crippen molar-refractivity contribution in [2.24, 2.45) is 5.92 Å². The molecule has 1 nitrogen and oxygen atoms in total. The van der Waals surface area contributed by atoms with Crippen LogP contribution in [0.3, 0.4) is 0 Å². The van der Waals surface area contributed by atoms with E-state index in [1.165, 1.54) is 24.9 Å². The minimum atomic E-state index is 0.590. The van der Waals surface area contributed by atoms with Crippen molar-refractivity contribution in [3.63, 3.8) is 0 Å². The Labute approximate surface area is 100 Å². The van der Waals surface area contributed by atoms with Gasteiger partial charge in [0.2, 0.25) is 0 Å². The predicted molar refractivity (Wildman–Crippen MR) is 68.0 cm³/mol. The normalized spacial score (nSPS) is 17.7. The molecule has 1 aliphatic rings. The zero-order valence-corrected chi connectivity index (χ0v) is 10.8. The molecule has 2 rings (SSSR count). The molecule has 1 aromatic carbocycles. The Morgan fingerprint density at radius 2 is 2.00 bits per heavy atom. The molecule has 1 saturated carbocycles. The van der Waals surface area contributed by atoms with Gasteiger partial charge >= 0.3 is 0 Å². The molecule has 15 heavy (non-hydrogen) atoms. The van der Waals surface area contributed by atoms with Gasteiger partial charge in [-0.05, 0) is 56.3 Å². The molecule has 0 saturated heterocycles. The van der Waals surface area contributed by atoms with Gasteiger partial charge in [0.15, 0.2) is 0 Å². The molecule has 0 spiro atoms. The molecule has 0 bridgehead atoms. The van der Waals surface area contributed by atoms with Crippen LogP contribution in [0, 0.1) is 5.92 Å². The smallest absolute Gasteiger partial charge is 0.0175 e. The summed E-state index contributed by atoms with van der Waals surface area (Å²) in [6.45, 7) is 3.47. The number of benzene rings is 1. The first-order valence-corrected chi connectivity index (χ1v) is 6.51. The molecule has 0 radical (unpaired) electrons. The first-order valence-electron chi connectivity index (χ1n) is 5.72. The van der Waals surface area contributed by atoms with E-state index in [0.29, 0.717) is 6.04 Å². The van der Waals surface area contributed by atoms with E-state index in [-0.39, 0.29) is 0 Å². The second-order valence-electron chi connectivity index (χ2n) is 4.58. The number of nitrogens with one attached hydrogen (secondary N) is 1. The zero-order chi connectivity index (χ0) is 10.7.